The van der Waals surface area contributed by atoms with Gasteiger partial charge in [-0.1, -0.05) is 36.7 Å². The van der Waals surface area contributed by atoms with Crippen molar-refractivity contribution >= 4 is 35.1 Å². The van der Waals surface area contributed by atoms with Crippen LogP contribution in [0, 0.1) is 25.2 Å². The van der Waals surface area contributed by atoms with E-state index in [4.69, 9.17) is 16.9 Å². The summed E-state index contributed by atoms with van der Waals surface area (Å²) >= 11 is 5.97. The van der Waals surface area contributed by atoms with Crippen molar-refractivity contribution in [1.82, 2.24) is 10.2 Å². The second kappa shape index (κ2) is 9.41. The van der Waals surface area contributed by atoms with Crippen molar-refractivity contribution in [2.75, 3.05) is 18.0 Å². The van der Waals surface area contributed by atoms with E-state index in [1.54, 1.807) is 31.2 Å². The number of carbonyl (C=O) groups excluding carboxylic acids is 3. The number of nitrogens with one attached hydrogen (secondary N) is 1. The van der Waals surface area contributed by atoms with Crippen molar-refractivity contribution in [3.63, 3.8) is 0 Å². The summed E-state index contributed by atoms with van der Waals surface area (Å²) in [6, 6.07) is 13.8. The number of nitriles is 1. The zero-order chi connectivity index (χ0) is 23.5. The molecule has 7 nitrogen and oxygen atoms in total. The van der Waals surface area contributed by atoms with Crippen molar-refractivity contribution in [2.24, 2.45) is 0 Å². The third-order valence-corrected chi connectivity index (χ3v) is 5.85. The number of halogens is 1. The molecule has 4 amide bonds. The SMILES string of the molecule is CCC1(c2ccc(Cl)cc2)NC(=O)N(CC(=O)N(CCC#N)c2cc(C)cc(C)c2)C1=O. The molecule has 32 heavy (non-hydrogen) atoms. The lowest BCUT2D eigenvalue weighted by Gasteiger charge is -2.27. The highest BCUT2D eigenvalue weighted by atomic mass is 35.5. The van der Waals surface area contributed by atoms with Crippen molar-refractivity contribution in [1.29, 1.82) is 5.26 Å². The zero-order valence-corrected chi connectivity index (χ0v) is 19.1. The summed E-state index contributed by atoms with van der Waals surface area (Å²) in [5.74, 6) is -0.918. The third kappa shape index (κ3) is 4.46. The Balaban J connectivity index is 1.89. The van der Waals surface area contributed by atoms with Gasteiger partial charge in [-0.25, -0.2) is 4.79 Å². The van der Waals surface area contributed by atoms with Crippen LogP contribution in [0.3, 0.4) is 0 Å². The first-order valence-electron chi connectivity index (χ1n) is 10.4. The van der Waals surface area contributed by atoms with E-state index in [-0.39, 0.29) is 13.0 Å². The highest BCUT2D eigenvalue weighted by Crippen LogP contribution is 2.33. The molecule has 1 N–H and O–H groups in total. The van der Waals surface area contributed by atoms with E-state index in [2.05, 4.69) is 5.32 Å². The van der Waals surface area contributed by atoms with Crippen molar-refractivity contribution in [3.05, 3.63) is 64.2 Å². The smallest absolute Gasteiger partial charge is 0.319 e. The van der Waals surface area contributed by atoms with Crippen LogP contribution in [0.15, 0.2) is 42.5 Å². The number of imide groups is 1. The molecule has 0 aromatic heterocycles. The predicted molar refractivity (Wildman–Crippen MR) is 122 cm³/mol. The topological polar surface area (TPSA) is 93.5 Å². The van der Waals surface area contributed by atoms with Crippen LogP contribution in [0.2, 0.25) is 5.02 Å². The second-order valence-corrected chi connectivity index (χ2v) is 8.32. The number of anilines is 1. The summed E-state index contributed by atoms with van der Waals surface area (Å²) < 4.78 is 0. The van der Waals surface area contributed by atoms with Crippen LogP contribution < -0.4 is 10.2 Å². The quantitative estimate of drug-likeness (QED) is 0.641. The molecule has 1 unspecified atom stereocenters. The number of aryl methyl sites for hydroxylation is 2. The summed E-state index contributed by atoms with van der Waals surface area (Å²) in [5.41, 5.74) is 1.93. The number of carbonyl (C=O) groups is 3. The molecule has 1 saturated heterocycles. The minimum Gasteiger partial charge on any atom is -0.319 e. The predicted octanol–water partition coefficient (Wildman–Crippen LogP) is 4.06. The van der Waals surface area contributed by atoms with E-state index in [1.807, 2.05) is 38.1 Å². The highest BCUT2D eigenvalue weighted by molar-refractivity contribution is 6.30. The number of rotatable bonds is 7. The van der Waals surface area contributed by atoms with Gasteiger partial charge in [0, 0.05) is 17.3 Å². The van der Waals surface area contributed by atoms with Gasteiger partial charge < -0.3 is 10.2 Å². The van der Waals surface area contributed by atoms with Crippen LogP contribution in [0.25, 0.3) is 0 Å². The van der Waals surface area contributed by atoms with Gasteiger partial charge in [0.25, 0.3) is 5.91 Å². The average molecular weight is 453 g/mol. The van der Waals surface area contributed by atoms with Gasteiger partial charge in [0.1, 0.15) is 12.1 Å². The van der Waals surface area contributed by atoms with Crippen molar-refractivity contribution in [3.8, 4) is 6.07 Å². The monoisotopic (exact) mass is 452 g/mol. The molecule has 0 spiro atoms. The molecule has 8 heteroatoms. The summed E-state index contributed by atoms with van der Waals surface area (Å²) in [6.45, 7) is 5.38. The molecule has 166 valence electrons. The zero-order valence-electron chi connectivity index (χ0n) is 18.3. The lowest BCUT2D eigenvalue weighted by molar-refractivity contribution is -0.134. The Kier molecular flexibility index (Phi) is 6.85. The fraction of sp³-hybridized carbons (Fsp3) is 0.333. The van der Waals surface area contributed by atoms with Gasteiger partial charge in [-0.15, -0.1) is 0 Å². The highest BCUT2D eigenvalue weighted by Gasteiger charge is 2.51. The molecule has 1 atom stereocenters. The summed E-state index contributed by atoms with van der Waals surface area (Å²) in [4.78, 5) is 41.7. The maximum atomic E-state index is 13.4. The third-order valence-electron chi connectivity index (χ3n) is 5.60. The molecule has 1 fully saturated rings. The molecule has 1 aliphatic heterocycles. The number of benzene rings is 2. The van der Waals surface area contributed by atoms with E-state index in [9.17, 15) is 14.4 Å². The molecule has 0 aliphatic carbocycles. The second-order valence-electron chi connectivity index (χ2n) is 7.89. The summed E-state index contributed by atoms with van der Waals surface area (Å²) in [6.07, 6.45) is 0.446. The van der Waals surface area contributed by atoms with Gasteiger partial charge in [-0.05, 0) is 61.2 Å². The molecule has 0 radical (unpaired) electrons. The normalized spacial score (nSPS) is 17.8. The first-order chi connectivity index (χ1) is 15.2. The van der Waals surface area contributed by atoms with E-state index >= 15 is 0 Å². The Bertz CT molecular complexity index is 1070. The minimum absolute atomic E-state index is 0.128. The Hall–Kier alpha value is -3.37. The van der Waals surface area contributed by atoms with Gasteiger partial charge in [0.05, 0.1) is 12.5 Å². The van der Waals surface area contributed by atoms with Crippen LogP contribution in [0.4, 0.5) is 10.5 Å². The van der Waals surface area contributed by atoms with E-state index < -0.39 is 29.9 Å². The molecule has 3 rings (SSSR count). The minimum atomic E-state index is -1.25. The average Bonchev–Trinajstić information content (AvgIpc) is 2.99. The fourth-order valence-corrected chi connectivity index (χ4v) is 4.16. The number of nitrogens with zero attached hydrogens (tertiary/aromatic N) is 3. The lowest BCUT2D eigenvalue weighted by atomic mass is 9.87. The Morgan fingerprint density at radius 2 is 1.78 bits per heavy atom. The van der Waals surface area contributed by atoms with Crippen LogP contribution in [0.1, 0.15) is 36.5 Å². The Morgan fingerprint density at radius 3 is 2.34 bits per heavy atom. The van der Waals surface area contributed by atoms with Crippen LogP contribution >= 0.6 is 11.6 Å². The van der Waals surface area contributed by atoms with Crippen molar-refractivity contribution in [2.45, 2.75) is 39.2 Å². The molecule has 1 aliphatic rings. The van der Waals surface area contributed by atoms with Crippen molar-refractivity contribution < 1.29 is 14.4 Å². The standard InChI is InChI=1S/C24H25ClN4O3/c1-4-24(18-6-8-19(25)9-7-18)22(31)29(23(32)27-24)15-21(30)28(11-5-10-26)20-13-16(2)12-17(3)14-20/h6-9,12-14H,4-5,11,15H2,1-3H3,(H,27,32). The van der Waals surface area contributed by atoms with Crippen LogP contribution in [0.5, 0.6) is 0 Å². The number of amides is 4. The van der Waals surface area contributed by atoms with E-state index in [0.29, 0.717) is 22.7 Å². The van der Waals surface area contributed by atoms with Gasteiger partial charge >= 0.3 is 6.03 Å². The Labute approximate surface area is 192 Å². The first-order valence-corrected chi connectivity index (χ1v) is 10.8. The number of hydrogen-bond acceptors (Lipinski definition) is 4. The van der Waals surface area contributed by atoms with Gasteiger partial charge in [-0.3, -0.25) is 14.5 Å². The maximum absolute atomic E-state index is 13.4. The molecule has 0 saturated carbocycles. The van der Waals surface area contributed by atoms with Gasteiger partial charge in [0.15, 0.2) is 0 Å². The van der Waals surface area contributed by atoms with Gasteiger partial charge in [-0.2, -0.15) is 5.26 Å². The fourth-order valence-electron chi connectivity index (χ4n) is 4.03. The molecule has 2 aromatic carbocycles. The lowest BCUT2D eigenvalue weighted by Crippen LogP contribution is -2.46. The molecule has 0 bridgehead atoms. The molecule has 2 aromatic rings. The van der Waals surface area contributed by atoms with E-state index in [1.165, 1.54) is 4.90 Å². The van der Waals surface area contributed by atoms with Crippen LogP contribution in [-0.2, 0) is 15.1 Å². The van der Waals surface area contributed by atoms with E-state index in [0.717, 1.165) is 16.0 Å². The Morgan fingerprint density at radius 1 is 1.16 bits per heavy atom. The first kappa shape index (κ1) is 23.3. The van der Waals surface area contributed by atoms with Crippen LogP contribution in [-0.4, -0.2) is 35.8 Å². The number of hydrogen-bond donors (Lipinski definition) is 1. The molecular formula is C24H25ClN4O3. The molecule has 1 heterocycles. The number of urea groups is 1. The summed E-state index contributed by atoms with van der Waals surface area (Å²) in [7, 11) is 0. The molecular weight excluding hydrogens is 428 g/mol. The summed E-state index contributed by atoms with van der Waals surface area (Å²) in [5, 5.41) is 12.3. The largest absolute Gasteiger partial charge is 0.325 e. The maximum Gasteiger partial charge on any atom is 0.325 e. The van der Waals surface area contributed by atoms with Gasteiger partial charge in [0.2, 0.25) is 5.91 Å².